The van der Waals surface area contributed by atoms with E-state index in [4.69, 9.17) is 0 Å². The Kier molecular flexibility index (Phi) is 2.66. The van der Waals surface area contributed by atoms with E-state index in [1.807, 2.05) is 5.32 Å². The lowest BCUT2D eigenvalue weighted by Gasteiger charge is -2.21. The van der Waals surface area contributed by atoms with Crippen molar-refractivity contribution in [2.24, 2.45) is 0 Å². The Morgan fingerprint density at radius 2 is 2.06 bits per heavy atom. The van der Waals surface area contributed by atoms with Crippen molar-refractivity contribution in [2.45, 2.75) is 12.8 Å². The second-order valence-corrected chi connectivity index (χ2v) is 3.86. The first-order valence-corrected chi connectivity index (χ1v) is 5.06. The van der Waals surface area contributed by atoms with Crippen molar-refractivity contribution in [1.29, 1.82) is 0 Å². The van der Waals surface area contributed by atoms with Crippen LogP contribution in [-0.4, -0.2) is 22.5 Å². The van der Waals surface area contributed by atoms with Gasteiger partial charge in [-0.25, -0.2) is 0 Å². The molecule has 0 aromatic heterocycles. The van der Waals surface area contributed by atoms with E-state index in [2.05, 4.69) is 0 Å². The summed E-state index contributed by atoms with van der Waals surface area (Å²) in [5.41, 5.74) is -0.524. The van der Waals surface area contributed by atoms with E-state index in [0.717, 1.165) is 6.92 Å². The van der Waals surface area contributed by atoms with Gasteiger partial charge in [0.25, 0.3) is 11.6 Å². The van der Waals surface area contributed by atoms with Gasteiger partial charge >= 0.3 is 0 Å². The molecule has 1 aromatic rings. The number of nitrogens with one attached hydrogen (secondary N) is 1. The minimum Gasteiger partial charge on any atom is -0.299 e. The number of ketones is 1. The number of hydrogen-bond donors (Lipinski definition) is 1. The number of amides is 2. The zero-order valence-corrected chi connectivity index (χ0v) is 9.30. The largest absolute Gasteiger partial charge is 0.299 e. The molecule has 1 aromatic carbocycles. The maximum absolute atomic E-state index is 11.6. The molecule has 2 rings (SSSR count). The standard InChI is InChI=1S/C11H8N2O5/c1-5(14)8-9-6(10(15)12-11(8)16)3-2-4-7(9)13(17)18/h2-4,8H,1H3,(H,12,15,16). The number of benzene rings is 1. The summed E-state index contributed by atoms with van der Waals surface area (Å²) in [6.45, 7) is 1.15. The summed E-state index contributed by atoms with van der Waals surface area (Å²) in [5, 5.41) is 12.9. The van der Waals surface area contributed by atoms with Crippen molar-refractivity contribution in [3.8, 4) is 0 Å². The van der Waals surface area contributed by atoms with Gasteiger partial charge in [-0.15, -0.1) is 0 Å². The predicted octanol–water partition coefficient (Wildman–Crippen LogP) is 0.537. The third kappa shape index (κ3) is 1.65. The molecule has 1 aliphatic rings. The van der Waals surface area contributed by atoms with Crippen molar-refractivity contribution in [2.75, 3.05) is 0 Å². The molecule has 7 heteroatoms. The van der Waals surface area contributed by atoms with Gasteiger partial charge in [-0.2, -0.15) is 0 Å². The van der Waals surface area contributed by atoms with Crippen LogP contribution in [-0.2, 0) is 9.59 Å². The Balaban J connectivity index is 2.77. The monoisotopic (exact) mass is 248 g/mol. The molecule has 0 bridgehead atoms. The highest BCUT2D eigenvalue weighted by atomic mass is 16.6. The van der Waals surface area contributed by atoms with E-state index in [0.29, 0.717) is 0 Å². The van der Waals surface area contributed by atoms with Crippen molar-refractivity contribution in [1.82, 2.24) is 5.32 Å². The highest BCUT2D eigenvalue weighted by Crippen LogP contribution is 2.33. The fourth-order valence-corrected chi connectivity index (χ4v) is 1.98. The lowest BCUT2D eigenvalue weighted by Crippen LogP contribution is -2.43. The van der Waals surface area contributed by atoms with Gasteiger partial charge in [-0.05, 0) is 13.0 Å². The maximum Gasteiger partial charge on any atom is 0.274 e. The van der Waals surface area contributed by atoms with E-state index >= 15 is 0 Å². The molecule has 18 heavy (non-hydrogen) atoms. The van der Waals surface area contributed by atoms with Crippen molar-refractivity contribution in [3.05, 3.63) is 39.4 Å². The van der Waals surface area contributed by atoms with Crippen LogP contribution in [0.15, 0.2) is 18.2 Å². The number of fused-ring (bicyclic) bond motifs is 1. The fourth-order valence-electron chi connectivity index (χ4n) is 1.98. The molecule has 1 heterocycles. The van der Waals surface area contributed by atoms with Crippen LogP contribution in [0.5, 0.6) is 0 Å². The zero-order valence-electron chi connectivity index (χ0n) is 9.30. The van der Waals surface area contributed by atoms with Crippen LogP contribution in [0, 0.1) is 10.1 Å². The van der Waals surface area contributed by atoms with Gasteiger partial charge in [0.05, 0.1) is 16.1 Å². The molecule has 1 N–H and O–H groups in total. The summed E-state index contributed by atoms with van der Waals surface area (Å²) in [6.07, 6.45) is 0. The minimum atomic E-state index is -1.31. The smallest absolute Gasteiger partial charge is 0.274 e. The van der Waals surface area contributed by atoms with E-state index < -0.39 is 34.1 Å². The van der Waals surface area contributed by atoms with Crippen molar-refractivity contribution in [3.63, 3.8) is 0 Å². The summed E-state index contributed by atoms with van der Waals surface area (Å²) in [7, 11) is 0. The normalized spacial score (nSPS) is 17.9. The average molecular weight is 248 g/mol. The minimum absolute atomic E-state index is 0.0102. The Bertz CT molecular complexity index is 579. The highest BCUT2D eigenvalue weighted by Gasteiger charge is 2.40. The number of rotatable bonds is 2. The molecule has 92 valence electrons. The number of nitro groups is 1. The van der Waals surface area contributed by atoms with Crippen LogP contribution in [0.2, 0.25) is 0 Å². The highest BCUT2D eigenvalue weighted by molar-refractivity contribution is 6.19. The molecule has 0 saturated carbocycles. The van der Waals surface area contributed by atoms with Crippen LogP contribution in [0.1, 0.15) is 28.8 Å². The van der Waals surface area contributed by atoms with Gasteiger partial charge in [0.2, 0.25) is 5.91 Å². The third-order valence-electron chi connectivity index (χ3n) is 2.72. The second kappa shape index (κ2) is 4.02. The number of nitrogens with zero attached hydrogens (tertiary/aromatic N) is 1. The van der Waals surface area contributed by atoms with Gasteiger partial charge in [-0.3, -0.25) is 29.8 Å². The number of Topliss-reactive ketones (excluding diaryl/α,β-unsaturated/α-hetero) is 1. The van der Waals surface area contributed by atoms with Gasteiger partial charge in [-0.1, -0.05) is 6.07 Å². The van der Waals surface area contributed by atoms with Gasteiger partial charge < -0.3 is 0 Å². The maximum atomic E-state index is 11.6. The van der Waals surface area contributed by atoms with Crippen molar-refractivity contribution >= 4 is 23.3 Å². The number of carbonyl (C=O) groups is 3. The lowest BCUT2D eigenvalue weighted by molar-refractivity contribution is -0.385. The van der Waals surface area contributed by atoms with Crippen molar-refractivity contribution < 1.29 is 19.3 Å². The topological polar surface area (TPSA) is 106 Å². The van der Waals surface area contributed by atoms with E-state index in [9.17, 15) is 24.5 Å². The summed E-state index contributed by atoms with van der Waals surface area (Å²) >= 11 is 0. The third-order valence-corrected chi connectivity index (χ3v) is 2.72. The summed E-state index contributed by atoms with van der Waals surface area (Å²) in [6, 6.07) is 3.85. The Labute approximate surface area is 101 Å². The molecular formula is C11H8N2O5. The lowest BCUT2D eigenvalue weighted by atomic mass is 9.86. The molecule has 0 saturated heterocycles. The summed E-state index contributed by atoms with van der Waals surface area (Å²) in [4.78, 5) is 44.8. The molecular weight excluding hydrogens is 240 g/mol. The quantitative estimate of drug-likeness (QED) is 0.355. The first kappa shape index (κ1) is 11.9. The first-order chi connectivity index (χ1) is 8.43. The Morgan fingerprint density at radius 3 is 2.61 bits per heavy atom. The van der Waals surface area contributed by atoms with E-state index in [1.54, 1.807) is 0 Å². The molecule has 0 fully saturated rings. The molecule has 0 radical (unpaired) electrons. The Morgan fingerprint density at radius 1 is 1.39 bits per heavy atom. The van der Waals surface area contributed by atoms with Crippen LogP contribution < -0.4 is 5.32 Å². The fraction of sp³-hybridized carbons (Fsp3) is 0.182. The molecule has 1 atom stereocenters. The van der Waals surface area contributed by atoms with E-state index in [-0.39, 0.29) is 11.1 Å². The predicted molar refractivity (Wildman–Crippen MR) is 59.0 cm³/mol. The molecule has 1 aliphatic heterocycles. The first-order valence-electron chi connectivity index (χ1n) is 5.06. The number of hydrogen-bond acceptors (Lipinski definition) is 5. The van der Waals surface area contributed by atoms with Crippen LogP contribution >= 0.6 is 0 Å². The number of imide groups is 1. The average Bonchev–Trinajstić information content (AvgIpc) is 2.27. The van der Waals surface area contributed by atoms with Crippen LogP contribution in [0.3, 0.4) is 0 Å². The molecule has 1 unspecified atom stereocenters. The SMILES string of the molecule is CC(=O)C1C(=O)NC(=O)c2cccc([N+](=O)[O-])c21. The number of carbonyl (C=O) groups excluding carboxylic acids is 3. The molecule has 0 spiro atoms. The molecule has 0 aliphatic carbocycles. The van der Waals surface area contributed by atoms with Crippen LogP contribution in [0.4, 0.5) is 5.69 Å². The zero-order chi connectivity index (χ0) is 13.4. The second-order valence-electron chi connectivity index (χ2n) is 3.86. The van der Waals surface area contributed by atoms with Gasteiger partial charge in [0.15, 0.2) is 0 Å². The van der Waals surface area contributed by atoms with Gasteiger partial charge in [0.1, 0.15) is 11.7 Å². The Hall–Kier alpha value is -2.57. The summed E-state index contributed by atoms with van der Waals surface area (Å²) < 4.78 is 0. The van der Waals surface area contributed by atoms with Gasteiger partial charge in [0, 0.05) is 6.07 Å². The molecule has 2 amide bonds. The molecule has 7 nitrogen and oxygen atoms in total. The summed E-state index contributed by atoms with van der Waals surface area (Å²) in [5.74, 6) is -3.40. The van der Waals surface area contributed by atoms with Crippen LogP contribution in [0.25, 0.3) is 0 Å². The number of nitro benzene ring substituents is 1. The van der Waals surface area contributed by atoms with E-state index in [1.165, 1.54) is 18.2 Å².